The summed E-state index contributed by atoms with van der Waals surface area (Å²) < 4.78 is 10.4. The van der Waals surface area contributed by atoms with Gasteiger partial charge in [0.15, 0.2) is 0 Å². The molecule has 0 aromatic heterocycles. The topological polar surface area (TPSA) is 9.23 Å². The number of rotatable bonds is 10. The minimum atomic E-state index is -2.38. The Balaban J connectivity index is 4.56. The van der Waals surface area contributed by atoms with Crippen molar-refractivity contribution in [2.45, 2.75) is 79.5 Å². The average molecular weight is 365 g/mol. The maximum atomic E-state index is 6.29. The Morgan fingerprint density at radius 1 is 0.882 bits per heavy atom. The molecule has 0 spiro atoms. The van der Waals surface area contributed by atoms with Gasteiger partial charge in [-0.2, -0.15) is 0 Å². The Kier molecular flexibility index (Phi) is 11.0. The molecule has 0 rings (SSSR count). The third-order valence-electron chi connectivity index (χ3n) is 3.32. The van der Waals surface area contributed by atoms with Crippen molar-refractivity contribution in [3.63, 3.8) is 0 Å². The van der Waals surface area contributed by atoms with Gasteiger partial charge in [0, 0.05) is 0 Å². The van der Waals surface area contributed by atoms with E-state index in [4.69, 9.17) is 15.3 Å². The molecule has 0 saturated carbocycles. The van der Waals surface area contributed by atoms with Crippen LogP contribution in [0.25, 0.3) is 0 Å². The number of thiocarbonyl (C=S) groups is 1. The van der Waals surface area contributed by atoms with Crippen molar-refractivity contribution in [3.8, 4) is 0 Å². The quantitative estimate of drug-likeness (QED) is 0.363. The zero-order chi connectivity index (χ0) is 13.1. The molecule has 0 saturated heterocycles. The number of hydrogen-bond acceptors (Lipinski definition) is 2. The van der Waals surface area contributed by atoms with Crippen molar-refractivity contribution in [2.24, 2.45) is 0 Å². The Bertz CT molecular complexity index is 185. The molecule has 0 aromatic rings. The van der Waals surface area contributed by atoms with Crippen LogP contribution in [-0.2, 0) is 3.07 Å². The number of hydrogen-bond donors (Lipinski definition) is 0. The van der Waals surface area contributed by atoms with E-state index < -0.39 is 18.8 Å². The summed E-state index contributed by atoms with van der Waals surface area (Å²) in [6.07, 6.45) is 7.88. The predicted octanol–water partition coefficient (Wildman–Crippen LogP) is 5.70. The number of unbranched alkanes of at least 4 members (excludes halogenated alkanes) is 3. The Labute approximate surface area is 118 Å². The van der Waals surface area contributed by atoms with E-state index in [1.807, 2.05) is 6.92 Å². The zero-order valence-corrected chi connectivity index (χ0v) is 15.9. The van der Waals surface area contributed by atoms with E-state index in [2.05, 4.69) is 20.8 Å². The zero-order valence-electron chi connectivity index (χ0n) is 12.2. The van der Waals surface area contributed by atoms with E-state index in [9.17, 15) is 0 Å². The van der Waals surface area contributed by atoms with Gasteiger partial charge in [-0.05, 0) is 0 Å². The predicted molar refractivity (Wildman–Crippen MR) is 84.3 cm³/mol. The molecule has 0 radical (unpaired) electrons. The molecule has 1 nitrogen and oxygen atoms in total. The van der Waals surface area contributed by atoms with Crippen LogP contribution in [0.15, 0.2) is 0 Å². The van der Waals surface area contributed by atoms with Crippen LogP contribution in [0.5, 0.6) is 0 Å². The molecule has 0 aliphatic heterocycles. The fraction of sp³-hybridized carbons (Fsp3) is 0.929. The molecule has 0 unspecified atom stereocenters. The first-order valence-electron chi connectivity index (χ1n) is 7.29. The van der Waals surface area contributed by atoms with Gasteiger partial charge in [0.1, 0.15) is 0 Å². The van der Waals surface area contributed by atoms with Gasteiger partial charge in [0.25, 0.3) is 0 Å². The Morgan fingerprint density at radius 3 is 1.47 bits per heavy atom. The maximum absolute atomic E-state index is 6.29. The monoisotopic (exact) mass is 366 g/mol. The second kappa shape index (κ2) is 10.6. The van der Waals surface area contributed by atoms with E-state index >= 15 is 0 Å². The summed E-state index contributed by atoms with van der Waals surface area (Å²) in [5.74, 6) is 0. The first-order valence-corrected chi connectivity index (χ1v) is 14.9. The molecule has 0 atom stereocenters. The molecular weight excluding hydrogens is 335 g/mol. The normalized spacial score (nSPS) is 11.5. The first kappa shape index (κ1) is 17.7. The van der Waals surface area contributed by atoms with Crippen molar-refractivity contribution in [2.75, 3.05) is 0 Å². The van der Waals surface area contributed by atoms with Crippen LogP contribution in [0.2, 0.25) is 13.3 Å². The van der Waals surface area contributed by atoms with Crippen molar-refractivity contribution in [3.05, 3.63) is 0 Å². The summed E-state index contributed by atoms with van der Waals surface area (Å²) in [6.45, 7) is 8.80. The van der Waals surface area contributed by atoms with E-state index in [0.717, 1.165) is 5.05 Å². The molecule has 0 aliphatic carbocycles. The van der Waals surface area contributed by atoms with E-state index in [1.54, 1.807) is 0 Å². The summed E-state index contributed by atoms with van der Waals surface area (Å²) in [4.78, 5) is 0. The SMILES string of the molecule is CCC[CH2][Sn]([CH2]CCC)([CH2]CCC)[O]C(C)=S. The van der Waals surface area contributed by atoms with Crippen LogP contribution in [0.1, 0.15) is 66.2 Å². The van der Waals surface area contributed by atoms with Gasteiger partial charge in [-0.25, -0.2) is 0 Å². The van der Waals surface area contributed by atoms with Gasteiger partial charge >= 0.3 is 119 Å². The summed E-state index contributed by atoms with van der Waals surface area (Å²) in [6, 6.07) is 0. The fourth-order valence-electron chi connectivity index (χ4n) is 2.33. The molecule has 0 bridgehead atoms. The van der Waals surface area contributed by atoms with Crippen LogP contribution < -0.4 is 0 Å². The molecular formula is C14H30OSSn. The molecule has 0 aliphatic rings. The molecule has 0 heterocycles. The van der Waals surface area contributed by atoms with Gasteiger partial charge in [-0.15, -0.1) is 0 Å². The molecule has 0 N–H and O–H groups in total. The van der Waals surface area contributed by atoms with Crippen LogP contribution >= 0.6 is 12.2 Å². The minimum absolute atomic E-state index is 0.809. The van der Waals surface area contributed by atoms with E-state index in [1.165, 1.54) is 51.8 Å². The van der Waals surface area contributed by atoms with Crippen LogP contribution in [-0.4, -0.2) is 23.8 Å². The van der Waals surface area contributed by atoms with Crippen molar-refractivity contribution in [1.82, 2.24) is 0 Å². The van der Waals surface area contributed by atoms with Crippen LogP contribution in [0.4, 0.5) is 0 Å². The van der Waals surface area contributed by atoms with Crippen LogP contribution in [0, 0.1) is 0 Å². The second-order valence-electron chi connectivity index (χ2n) is 5.09. The van der Waals surface area contributed by atoms with Gasteiger partial charge in [-0.1, -0.05) is 0 Å². The third kappa shape index (κ3) is 8.41. The average Bonchev–Trinajstić information content (AvgIpc) is 2.30. The van der Waals surface area contributed by atoms with Crippen molar-refractivity contribution >= 4 is 36.1 Å². The molecule has 0 fully saturated rings. The second-order valence-corrected chi connectivity index (χ2v) is 17.3. The van der Waals surface area contributed by atoms with Gasteiger partial charge in [-0.3, -0.25) is 0 Å². The fourth-order valence-corrected chi connectivity index (χ4v) is 16.8. The molecule has 0 aromatic carbocycles. The molecule has 3 heteroatoms. The summed E-state index contributed by atoms with van der Waals surface area (Å²) in [5.41, 5.74) is 0. The summed E-state index contributed by atoms with van der Waals surface area (Å²) in [7, 11) is 0. The first-order chi connectivity index (χ1) is 8.10. The van der Waals surface area contributed by atoms with Crippen molar-refractivity contribution in [1.29, 1.82) is 0 Å². The Hall–Kier alpha value is 0.689. The van der Waals surface area contributed by atoms with E-state index in [-0.39, 0.29) is 0 Å². The standard InChI is InChI=1S/3C4H9.C2H4OS.Sn/c3*1-3-4-2;1-2(3)4;/h3*1,3-4H2,2H3;1H3,(H,3,4);/q;;;;+1/p-1. The molecule has 102 valence electrons. The third-order valence-corrected chi connectivity index (χ3v) is 16.8. The summed E-state index contributed by atoms with van der Waals surface area (Å²) in [5, 5.41) is 0.809. The van der Waals surface area contributed by atoms with Crippen molar-refractivity contribution < 1.29 is 3.07 Å². The summed E-state index contributed by atoms with van der Waals surface area (Å²) >= 11 is 2.84. The van der Waals surface area contributed by atoms with Gasteiger partial charge in [0.05, 0.1) is 0 Å². The van der Waals surface area contributed by atoms with E-state index in [0.29, 0.717) is 0 Å². The van der Waals surface area contributed by atoms with Crippen LogP contribution in [0.3, 0.4) is 0 Å². The molecule has 0 amide bonds. The van der Waals surface area contributed by atoms with Gasteiger partial charge < -0.3 is 0 Å². The van der Waals surface area contributed by atoms with Gasteiger partial charge in [0.2, 0.25) is 0 Å². The molecule has 17 heavy (non-hydrogen) atoms. The Morgan fingerprint density at radius 2 is 1.24 bits per heavy atom.